The quantitative estimate of drug-likeness (QED) is 0.193. The fourth-order valence-corrected chi connectivity index (χ4v) is 4.58. The predicted molar refractivity (Wildman–Crippen MR) is 132 cm³/mol. The number of hydrogen-bond acceptors (Lipinski definition) is 3. The highest BCUT2D eigenvalue weighted by molar-refractivity contribution is 5.96. The number of aromatic nitrogens is 2. The van der Waals surface area contributed by atoms with Crippen LogP contribution in [0.1, 0.15) is 63.5 Å². The van der Waals surface area contributed by atoms with Crippen molar-refractivity contribution in [2.24, 2.45) is 10.9 Å². The highest BCUT2D eigenvalue weighted by Crippen LogP contribution is 2.35. The Morgan fingerprint density at radius 3 is 2.56 bits per heavy atom. The Kier molecular flexibility index (Phi) is 8.44. The number of aromatic amines is 1. The van der Waals surface area contributed by atoms with Crippen LogP contribution >= 0.6 is 0 Å². The van der Waals surface area contributed by atoms with Crippen molar-refractivity contribution in [2.45, 2.75) is 65.5 Å². The Morgan fingerprint density at radius 1 is 1.24 bits per heavy atom. The van der Waals surface area contributed by atoms with Gasteiger partial charge in [0.2, 0.25) is 0 Å². The molecule has 186 valence electrons. The van der Waals surface area contributed by atoms with Crippen LogP contribution in [0, 0.1) is 12.8 Å². The third kappa shape index (κ3) is 6.02. The maximum absolute atomic E-state index is 13.2. The first-order valence-electron chi connectivity index (χ1n) is 12.0. The number of alkyl halides is 3. The van der Waals surface area contributed by atoms with Gasteiger partial charge in [-0.1, -0.05) is 38.8 Å². The molecule has 0 spiro atoms. The number of nitrogens with one attached hydrogen (secondary N) is 1. The van der Waals surface area contributed by atoms with E-state index in [4.69, 9.17) is 9.73 Å². The molecule has 1 N–H and O–H groups in total. The molecule has 1 saturated carbocycles. The van der Waals surface area contributed by atoms with E-state index in [1.807, 2.05) is 33.0 Å². The van der Waals surface area contributed by atoms with Gasteiger partial charge in [-0.25, -0.2) is 4.99 Å². The molecule has 2 aromatic rings. The standard InChI is InChI=1S/C26H35F3N4O/c1-6-21(31-25(33(5)7-2)19-11-9-8-10-12-19)24(34-16-26(27,28)29)18(4)23-17(3)13-14-22-20(23)15-30-32-22/h13-15,19H,4,6-12,16H2,1-3,5H3,(H,30,32)/b24-21-,31-25?. The van der Waals surface area contributed by atoms with Gasteiger partial charge in [0.25, 0.3) is 0 Å². The summed E-state index contributed by atoms with van der Waals surface area (Å²) in [7, 11) is 1.99. The largest absolute Gasteiger partial charge is 0.482 e. The molecule has 8 heteroatoms. The molecule has 0 saturated heterocycles. The van der Waals surface area contributed by atoms with E-state index < -0.39 is 12.8 Å². The summed E-state index contributed by atoms with van der Waals surface area (Å²) in [5.41, 5.74) is 3.25. The summed E-state index contributed by atoms with van der Waals surface area (Å²) >= 11 is 0. The topological polar surface area (TPSA) is 53.5 Å². The highest BCUT2D eigenvalue weighted by atomic mass is 19.4. The highest BCUT2D eigenvalue weighted by Gasteiger charge is 2.31. The molecule has 1 aromatic heterocycles. The van der Waals surface area contributed by atoms with Crippen molar-refractivity contribution < 1.29 is 17.9 Å². The third-order valence-electron chi connectivity index (χ3n) is 6.47. The lowest BCUT2D eigenvalue weighted by molar-refractivity contribution is -0.163. The number of fused-ring (bicyclic) bond motifs is 1. The lowest BCUT2D eigenvalue weighted by atomic mass is 9.87. The first-order valence-corrected chi connectivity index (χ1v) is 12.0. The van der Waals surface area contributed by atoms with E-state index >= 15 is 0 Å². The van der Waals surface area contributed by atoms with Crippen molar-refractivity contribution >= 4 is 22.3 Å². The Balaban J connectivity index is 2.16. The molecule has 3 rings (SSSR count). The number of hydrogen-bond donors (Lipinski definition) is 1. The number of aliphatic imine (C=N–C) groups is 1. The lowest BCUT2D eigenvalue weighted by Crippen LogP contribution is -2.34. The van der Waals surface area contributed by atoms with Crippen LogP contribution in [0.2, 0.25) is 0 Å². The Labute approximate surface area is 199 Å². The van der Waals surface area contributed by atoms with Crippen LogP contribution in [0.15, 0.2) is 41.4 Å². The lowest BCUT2D eigenvalue weighted by Gasteiger charge is -2.30. The molecule has 0 aliphatic heterocycles. The van der Waals surface area contributed by atoms with Gasteiger partial charge >= 0.3 is 6.18 Å². The fourth-order valence-electron chi connectivity index (χ4n) is 4.58. The summed E-state index contributed by atoms with van der Waals surface area (Å²) in [4.78, 5) is 7.07. The molecule has 0 radical (unpaired) electrons. The first-order chi connectivity index (χ1) is 16.2. The fraction of sp³-hybridized carbons (Fsp3) is 0.538. The van der Waals surface area contributed by atoms with Gasteiger partial charge in [0.1, 0.15) is 11.6 Å². The number of amidine groups is 1. The van der Waals surface area contributed by atoms with Crippen LogP contribution in [-0.4, -0.2) is 47.3 Å². The number of halogens is 3. The summed E-state index contributed by atoms with van der Waals surface area (Å²) in [5.74, 6) is 1.30. The van der Waals surface area contributed by atoms with E-state index in [0.29, 0.717) is 23.3 Å². The Morgan fingerprint density at radius 2 is 1.94 bits per heavy atom. The zero-order chi connectivity index (χ0) is 24.9. The van der Waals surface area contributed by atoms with Gasteiger partial charge in [0.15, 0.2) is 6.61 Å². The molecule has 0 atom stereocenters. The van der Waals surface area contributed by atoms with Gasteiger partial charge in [-0.2, -0.15) is 18.3 Å². The first kappa shape index (κ1) is 25.8. The van der Waals surface area contributed by atoms with Crippen molar-refractivity contribution in [2.75, 3.05) is 20.2 Å². The zero-order valence-electron chi connectivity index (χ0n) is 20.6. The number of ether oxygens (including phenoxy) is 1. The number of benzene rings is 1. The van der Waals surface area contributed by atoms with E-state index in [1.54, 1.807) is 6.20 Å². The molecule has 1 aromatic carbocycles. The SMILES string of the molecule is C=C(/C(OCC(F)(F)F)=C(\CC)N=C(C1CCCCC1)N(C)CC)c1c(C)ccc2[nH]ncc12. The summed E-state index contributed by atoms with van der Waals surface area (Å²) in [6.07, 6.45) is 3.16. The molecular formula is C26H35F3N4O. The minimum Gasteiger partial charge on any atom is -0.482 e. The number of nitrogens with zero attached hydrogens (tertiary/aromatic N) is 3. The number of allylic oxidation sites excluding steroid dienone is 2. The second kappa shape index (κ2) is 11.1. The molecule has 1 fully saturated rings. The Bertz CT molecular complexity index is 1060. The average molecular weight is 477 g/mol. The minimum atomic E-state index is -4.48. The van der Waals surface area contributed by atoms with Crippen molar-refractivity contribution in [3.8, 4) is 0 Å². The molecule has 1 aliphatic rings. The van der Waals surface area contributed by atoms with Crippen LogP contribution in [0.4, 0.5) is 13.2 Å². The Hall–Kier alpha value is -2.77. The maximum atomic E-state index is 13.2. The summed E-state index contributed by atoms with van der Waals surface area (Å²) in [5, 5.41) is 7.81. The molecule has 0 bridgehead atoms. The van der Waals surface area contributed by atoms with Crippen LogP contribution in [0.5, 0.6) is 0 Å². The van der Waals surface area contributed by atoms with E-state index in [9.17, 15) is 13.2 Å². The summed E-state index contributed by atoms with van der Waals surface area (Å²) in [6, 6.07) is 3.79. The smallest absolute Gasteiger partial charge is 0.422 e. The van der Waals surface area contributed by atoms with Gasteiger partial charge < -0.3 is 9.64 Å². The van der Waals surface area contributed by atoms with E-state index in [2.05, 4.69) is 28.6 Å². The summed E-state index contributed by atoms with van der Waals surface area (Å²) in [6.45, 7) is 9.40. The molecule has 5 nitrogen and oxygen atoms in total. The minimum absolute atomic E-state index is 0.0921. The molecular weight excluding hydrogens is 441 g/mol. The molecule has 1 heterocycles. The maximum Gasteiger partial charge on any atom is 0.422 e. The molecule has 1 aliphatic carbocycles. The van der Waals surface area contributed by atoms with Crippen molar-refractivity contribution in [1.29, 1.82) is 0 Å². The van der Waals surface area contributed by atoms with Crippen molar-refractivity contribution in [1.82, 2.24) is 15.1 Å². The van der Waals surface area contributed by atoms with Crippen LogP contribution in [0.3, 0.4) is 0 Å². The van der Waals surface area contributed by atoms with Crippen molar-refractivity contribution in [3.05, 3.63) is 47.5 Å². The van der Waals surface area contributed by atoms with Crippen LogP contribution < -0.4 is 0 Å². The number of aryl methyl sites for hydroxylation is 1. The van der Waals surface area contributed by atoms with E-state index in [1.165, 1.54) is 6.42 Å². The van der Waals surface area contributed by atoms with Crippen LogP contribution in [0.25, 0.3) is 16.5 Å². The van der Waals surface area contributed by atoms with Gasteiger partial charge in [0.05, 0.1) is 17.4 Å². The average Bonchev–Trinajstić information content (AvgIpc) is 3.29. The van der Waals surface area contributed by atoms with E-state index in [-0.39, 0.29) is 11.7 Å². The molecule has 0 unspecified atom stereocenters. The van der Waals surface area contributed by atoms with E-state index in [0.717, 1.165) is 54.5 Å². The number of H-pyrrole nitrogens is 1. The third-order valence-corrected chi connectivity index (χ3v) is 6.47. The zero-order valence-corrected chi connectivity index (χ0v) is 20.6. The summed E-state index contributed by atoms with van der Waals surface area (Å²) < 4.78 is 45.2. The van der Waals surface area contributed by atoms with Gasteiger partial charge in [-0.15, -0.1) is 0 Å². The second-order valence-corrected chi connectivity index (χ2v) is 8.92. The molecule has 34 heavy (non-hydrogen) atoms. The molecule has 0 amide bonds. The van der Waals surface area contributed by atoms with Gasteiger partial charge in [-0.3, -0.25) is 5.10 Å². The monoisotopic (exact) mass is 476 g/mol. The number of rotatable bonds is 8. The van der Waals surface area contributed by atoms with Crippen molar-refractivity contribution in [3.63, 3.8) is 0 Å². The van der Waals surface area contributed by atoms with Gasteiger partial charge in [-0.05, 0) is 50.3 Å². The van der Waals surface area contributed by atoms with Gasteiger partial charge in [0, 0.05) is 30.5 Å². The normalized spacial score (nSPS) is 16.5. The predicted octanol–water partition coefficient (Wildman–Crippen LogP) is 7.02. The van der Waals surface area contributed by atoms with Crippen LogP contribution in [-0.2, 0) is 4.74 Å². The second-order valence-electron chi connectivity index (χ2n) is 8.92.